The molecule has 1 N–H and O–H groups in total. The molecule has 0 aliphatic heterocycles. The predicted molar refractivity (Wildman–Crippen MR) is 84.0 cm³/mol. The molecule has 0 saturated heterocycles. The van der Waals surface area contributed by atoms with Crippen LogP contribution in [0.25, 0.3) is 0 Å². The number of carbonyl (C=O) groups excluding carboxylic acids is 1. The lowest BCUT2D eigenvalue weighted by Crippen LogP contribution is -2.30. The van der Waals surface area contributed by atoms with Crippen molar-refractivity contribution in [2.24, 2.45) is 0 Å². The van der Waals surface area contributed by atoms with Crippen LogP contribution in [-0.2, 0) is 11.3 Å². The first-order valence-corrected chi connectivity index (χ1v) is 7.60. The molecular formula is C16H17FN4O3. The van der Waals surface area contributed by atoms with Gasteiger partial charge >= 0.3 is 5.69 Å². The molecule has 0 radical (unpaired) electrons. The second-order valence-electron chi connectivity index (χ2n) is 6.01. The third kappa shape index (κ3) is 3.12. The van der Waals surface area contributed by atoms with E-state index in [1.54, 1.807) is 19.9 Å². The van der Waals surface area contributed by atoms with E-state index in [4.69, 9.17) is 0 Å². The van der Waals surface area contributed by atoms with Crippen molar-refractivity contribution in [1.29, 1.82) is 0 Å². The van der Waals surface area contributed by atoms with E-state index in [0.29, 0.717) is 5.69 Å². The number of aromatic nitrogens is 2. The van der Waals surface area contributed by atoms with E-state index >= 15 is 0 Å². The summed E-state index contributed by atoms with van der Waals surface area (Å²) < 4.78 is 14.6. The molecule has 24 heavy (non-hydrogen) atoms. The second kappa shape index (κ2) is 6.03. The van der Waals surface area contributed by atoms with Crippen LogP contribution in [0, 0.1) is 29.8 Å². The van der Waals surface area contributed by atoms with Crippen LogP contribution in [0.2, 0.25) is 0 Å². The Labute approximate surface area is 137 Å². The van der Waals surface area contributed by atoms with Crippen LogP contribution in [0.15, 0.2) is 24.3 Å². The topological polar surface area (TPSA) is 90.1 Å². The zero-order chi connectivity index (χ0) is 17.4. The fraction of sp³-hybridized carbons (Fsp3) is 0.375. The highest BCUT2D eigenvalue weighted by atomic mass is 19.1. The van der Waals surface area contributed by atoms with Gasteiger partial charge in [0.15, 0.2) is 0 Å². The molecule has 0 bridgehead atoms. The molecule has 1 amide bonds. The molecule has 126 valence electrons. The summed E-state index contributed by atoms with van der Waals surface area (Å²) in [6.45, 7) is 3.03. The van der Waals surface area contributed by atoms with E-state index < -0.39 is 4.92 Å². The number of benzene rings is 1. The molecular weight excluding hydrogens is 315 g/mol. The van der Waals surface area contributed by atoms with Crippen molar-refractivity contribution in [3.05, 3.63) is 57.1 Å². The van der Waals surface area contributed by atoms with Crippen LogP contribution < -0.4 is 5.32 Å². The Morgan fingerprint density at radius 3 is 2.88 bits per heavy atom. The summed E-state index contributed by atoms with van der Waals surface area (Å²) in [4.78, 5) is 22.6. The fourth-order valence-corrected chi connectivity index (χ4v) is 2.95. The molecule has 3 rings (SSSR count). The molecule has 1 aliphatic rings. The number of amides is 1. The van der Waals surface area contributed by atoms with Crippen LogP contribution >= 0.6 is 0 Å². The Bertz CT molecular complexity index is 818. The quantitative estimate of drug-likeness (QED) is 0.671. The lowest BCUT2D eigenvalue weighted by atomic mass is 10.1. The van der Waals surface area contributed by atoms with Gasteiger partial charge in [0, 0.05) is 12.0 Å². The summed E-state index contributed by atoms with van der Waals surface area (Å²) in [5.74, 6) is -0.446. The molecule has 1 aliphatic carbocycles. The van der Waals surface area contributed by atoms with Gasteiger partial charge in [-0.25, -0.2) is 4.39 Å². The van der Waals surface area contributed by atoms with Crippen LogP contribution in [0.3, 0.4) is 0 Å². The molecule has 1 fully saturated rings. The summed E-state index contributed by atoms with van der Waals surface area (Å²) >= 11 is 0. The smallest absolute Gasteiger partial charge is 0.312 e. The zero-order valence-corrected chi connectivity index (χ0v) is 13.3. The van der Waals surface area contributed by atoms with Crippen molar-refractivity contribution in [3.8, 4) is 0 Å². The first kappa shape index (κ1) is 16.1. The van der Waals surface area contributed by atoms with Gasteiger partial charge in [-0.2, -0.15) is 5.10 Å². The van der Waals surface area contributed by atoms with E-state index in [2.05, 4.69) is 10.4 Å². The highest BCUT2D eigenvalue weighted by Crippen LogP contribution is 2.40. The normalized spacial score (nSPS) is 19.1. The van der Waals surface area contributed by atoms with Crippen molar-refractivity contribution in [2.45, 2.75) is 38.8 Å². The third-order valence-corrected chi connectivity index (χ3v) is 4.23. The number of hydrogen-bond acceptors (Lipinski definition) is 4. The highest BCUT2D eigenvalue weighted by Gasteiger charge is 2.39. The number of nitro groups is 1. The molecule has 0 unspecified atom stereocenters. The Balaban J connectivity index is 1.62. The molecule has 2 atom stereocenters. The van der Waals surface area contributed by atoms with Gasteiger partial charge in [-0.3, -0.25) is 19.6 Å². The van der Waals surface area contributed by atoms with Crippen LogP contribution in [0.5, 0.6) is 0 Å². The summed E-state index contributed by atoms with van der Waals surface area (Å²) in [6.07, 6.45) is 0.756. The van der Waals surface area contributed by atoms with Crippen LogP contribution in [-0.4, -0.2) is 26.7 Å². The number of nitrogens with zero attached hydrogens (tertiary/aromatic N) is 3. The maximum absolute atomic E-state index is 13.2. The number of nitrogens with one attached hydrogen (secondary N) is 1. The average Bonchev–Trinajstić information content (AvgIpc) is 3.19. The maximum Gasteiger partial charge on any atom is 0.312 e. The Hall–Kier alpha value is -2.77. The summed E-state index contributed by atoms with van der Waals surface area (Å²) in [7, 11) is 0. The second-order valence-corrected chi connectivity index (χ2v) is 6.01. The van der Waals surface area contributed by atoms with Crippen molar-refractivity contribution in [2.75, 3.05) is 0 Å². The molecule has 8 heteroatoms. The van der Waals surface area contributed by atoms with E-state index in [1.807, 2.05) is 6.07 Å². The van der Waals surface area contributed by atoms with E-state index in [9.17, 15) is 19.3 Å². The first-order chi connectivity index (χ1) is 11.4. The lowest BCUT2D eigenvalue weighted by molar-refractivity contribution is -0.386. The molecule has 1 aromatic carbocycles. The average molecular weight is 332 g/mol. The van der Waals surface area contributed by atoms with Crippen molar-refractivity contribution >= 4 is 11.6 Å². The van der Waals surface area contributed by atoms with Gasteiger partial charge in [-0.1, -0.05) is 12.1 Å². The minimum atomic E-state index is -0.493. The molecule has 0 spiro atoms. The van der Waals surface area contributed by atoms with Crippen molar-refractivity contribution in [3.63, 3.8) is 0 Å². The van der Waals surface area contributed by atoms with Gasteiger partial charge in [0.1, 0.15) is 23.7 Å². The summed E-state index contributed by atoms with van der Waals surface area (Å²) in [5, 5.41) is 17.9. The fourth-order valence-electron chi connectivity index (χ4n) is 2.95. The Morgan fingerprint density at radius 1 is 1.50 bits per heavy atom. The predicted octanol–water partition coefficient (Wildman–Crippen LogP) is 2.22. The molecule has 7 nitrogen and oxygen atoms in total. The zero-order valence-electron chi connectivity index (χ0n) is 13.3. The molecule has 1 aromatic heterocycles. The highest BCUT2D eigenvalue weighted by molar-refractivity contribution is 5.76. The van der Waals surface area contributed by atoms with E-state index in [0.717, 1.165) is 12.0 Å². The van der Waals surface area contributed by atoms with Crippen molar-refractivity contribution in [1.82, 2.24) is 15.1 Å². The van der Waals surface area contributed by atoms with Gasteiger partial charge in [0.2, 0.25) is 5.91 Å². The van der Waals surface area contributed by atoms with Gasteiger partial charge in [-0.05, 0) is 38.0 Å². The van der Waals surface area contributed by atoms with Gasteiger partial charge in [0.25, 0.3) is 0 Å². The largest absolute Gasteiger partial charge is 0.351 e. The van der Waals surface area contributed by atoms with E-state index in [1.165, 1.54) is 16.8 Å². The SMILES string of the molecule is Cc1nn(CC(=O)N[C@@H]2C[C@H]2c2cccc(F)c2)c(C)c1[N+](=O)[O-]. The number of aryl methyl sites for hydroxylation is 1. The van der Waals surface area contributed by atoms with E-state index in [-0.39, 0.29) is 41.6 Å². The van der Waals surface area contributed by atoms with Crippen molar-refractivity contribution < 1.29 is 14.1 Å². The minimum absolute atomic E-state index is 0.0359. The monoisotopic (exact) mass is 332 g/mol. The van der Waals surface area contributed by atoms with Crippen LogP contribution in [0.1, 0.15) is 29.3 Å². The van der Waals surface area contributed by atoms with Gasteiger partial charge in [-0.15, -0.1) is 0 Å². The minimum Gasteiger partial charge on any atom is -0.351 e. The van der Waals surface area contributed by atoms with Gasteiger partial charge < -0.3 is 5.32 Å². The third-order valence-electron chi connectivity index (χ3n) is 4.23. The maximum atomic E-state index is 13.2. The first-order valence-electron chi connectivity index (χ1n) is 7.60. The number of halogens is 1. The lowest BCUT2D eigenvalue weighted by Gasteiger charge is -2.06. The van der Waals surface area contributed by atoms with Gasteiger partial charge in [0.05, 0.1) is 4.92 Å². The number of hydrogen-bond donors (Lipinski definition) is 1. The molecule has 2 aromatic rings. The molecule has 1 heterocycles. The van der Waals surface area contributed by atoms with Crippen LogP contribution in [0.4, 0.5) is 10.1 Å². The summed E-state index contributed by atoms with van der Waals surface area (Å²) in [5.41, 5.74) is 1.44. The molecule has 1 saturated carbocycles. The standard InChI is InChI=1S/C16H17FN4O3/c1-9-16(21(23)24)10(2)20(19-9)8-15(22)18-14-7-13(14)11-4-3-5-12(17)6-11/h3-6,13-14H,7-8H2,1-2H3,(H,18,22)/t13-,14+/m0/s1. The Kier molecular flexibility index (Phi) is 4.04. The number of rotatable bonds is 5. The summed E-state index contributed by atoms with van der Waals surface area (Å²) in [6, 6.07) is 6.31. The number of carbonyl (C=O) groups is 1. The Morgan fingerprint density at radius 2 is 2.25 bits per heavy atom.